The molecule has 27 heavy (non-hydrogen) atoms. The standard InChI is InChI=1S/C20H36N6.HI/c1-5-25-11-13-26(14-12-25)19-15-18(8-10-22-19)16-24-20(21-4)23-9-6-7-17(2)3;/h8,10,15,17H,5-7,9,11-14,16H2,1-4H3,(H2,21,23,24);1H. The summed E-state index contributed by atoms with van der Waals surface area (Å²) in [7, 11) is 1.82. The van der Waals surface area contributed by atoms with Crippen LogP contribution in [-0.2, 0) is 6.54 Å². The van der Waals surface area contributed by atoms with E-state index in [4.69, 9.17) is 0 Å². The van der Waals surface area contributed by atoms with Crippen molar-refractivity contribution in [2.45, 2.75) is 40.2 Å². The summed E-state index contributed by atoms with van der Waals surface area (Å²) in [5.41, 5.74) is 1.23. The van der Waals surface area contributed by atoms with Crippen LogP contribution in [0.15, 0.2) is 23.3 Å². The first kappa shape index (κ1) is 23.9. The summed E-state index contributed by atoms with van der Waals surface area (Å²) in [4.78, 5) is 13.8. The Morgan fingerprint density at radius 2 is 1.96 bits per heavy atom. The summed E-state index contributed by atoms with van der Waals surface area (Å²) in [6.07, 6.45) is 4.32. The fraction of sp³-hybridized carbons (Fsp3) is 0.700. The average molecular weight is 488 g/mol. The summed E-state index contributed by atoms with van der Waals surface area (Å²) in [5.74, 6) is 2.70. The Morgan fingerprint density at radius 3 is 2.59 bits per heavy atom. The SMILES string of the molecule is CCN1CCN(c2cc(CNC(=NC)NCCCC(C)C)ccn2)CC1.I. The second kappa shape index (κ2) is 13.1. The molecule has 0 spiro atoms. The van der Waals surface area contributed by atoms with Crippen LogP contribution in [0.1, 0.15) is 39.2 Å². The molecule has 154 valence electrons. The number of aromatic nitrogens is 1. The van der Waals surface area contributed by atoms with Crippen molar-refractivity contribution in [3.8, 4) is 0 Å². The second-order valence-electron chi connectivity index (χ2n) is 7.33. The molecule has 0 atom stereocenters. The summed E-state index contributed by atoms with van der Waals surface area (Å²) in [6.45, 7) is 13.9. The summed E-state index contributed by atoms with van der Waals surface area (Å²) in [5, 5.41) is 6.80. The number of nitrogens with one attached hydrogen (secondary N) is 2. The molecule has 2 heterocycles. The zero-order chi connectivity index (χ0) is 18.8. The summed E-state index contributed by atoms with van der Waals surface area (Å²) >= 11 is 0. The Bertz CT molecular complexity index is 555. The molecule has 0 saturated carbocycles. The summed E-state index contributed by atoms with van der Waals surface area (Å²) < 4.78 is 0. The van der Waals surface area contributed by atoms with Gasteiger partial charge in [0, 0.05) is 52.5 Å². The largest absolute Gasteiger partial charge is 0.356 e. The number of aliphatic imine (C=N–C) groups is 1. The Hall–Kier alpha value is -1.09. The molecule has 0 radical (unpaired) electrons. The smallest absolute Gasteiger partial charge is 0.191 e. The molecule has 1 saturated heterocycles. The number of likely N-dealkylation sites (N-methyl/N-ethyl adjacent to an activating group) is 1. The highest BCUT2D eigenvalue weighted by Gasteiger charge is 2.16. The van der Waals surface area contributed by atoms with Crippen molar-refractivity contribution in [1.29, 1.82) is 0 Å². The van der Waals surface area contributed by atoms with Crippen LogP contribution in [0.5, 0.6) is 0 Å². The van der Waals surface area contributed by atoms with E-state index in [-0.39, 0.29) is 24.0 Å². The first-order chi connectivity index (χ1) is 12.6. The van der Waals surface area contributed by atoms with Gasteiger partial charge in [-0.15, -0.1) is 24.0 Å². The molecule has 7 heteroatoms. The van der Waals surface area contributed by atoms with Crippen LogP contribution in [0.3, 0.4) is 0 Å². The van der Waals surface area contributed by atoms with Gasteiger partial charge >= 0.3 is 0 Å². The number of nitrogens with zero attached hydrogens (tertiary/aromatic N) is 4. The van der Waals surface area contributed by atoms with Crippen molar-refractivity contribution in [1.82, 2.24) is 20.5 Å². The Labute approximate surface area is 182 Å². The van der Waals surface area contributed by atoms with E-state index in [1.54, 1.807) is 0 Å². The molecule has 0 aromatic carbocycles. The van der Waals surface area contributed by atoms with Crippen LogP contribution in [-0.4, -0.2) is 62.2 Å². The highest BCUT2D eigenvalue weighted by molar-refractivity contribution is 14.0. The maximum Gasteiger partial charge on any atom is 0.191 e. The zero-order valence-corrected chi connectivity index (χ0v) is 19.7. The Morgan fingerprint density at radius 1 is 1.22 bits per heavy atom. The third-order valence-electron chi connectivity index (χ3n) is 4.89. The monoisotopic (exact) mass is 488 g/mol. The van der Waals surface area contributed by atoms with Crippen molar-refractivity contribution < 1.29 is 0 Å². The number of rotatable bonds is 8. The lowest BCUT2D eigenvalue weighted by molar-refractivity contribution is 0.270. The third-order valence-corrected chi connectivity index (χ3v) is 4.89. The molecule has 6 nitrogen and oxygen atoms in total. The highest BCUT2D eigenvalue weighted by atomic mass is 127. The molecule has 1 aromatic heterocycles. The maximum atomic E-state index is 4.57. The predicted molar refractivity (Wildman–Crippen MR) is 126 cm³/mol. The minimum Gasteiger partial charge on any atom is -0.356 e. The topological polar surface area (TPSA) is 55.8 Å². The normalized spacial score (nSPS) is 15.6. The first-order valence-corrected chi connectivity index (χ1v) is 9.99. The van der Waals surface area contributed by atoms with Crippen molar-refractivity contribution in [3.05, 3.63) is 23.9 Å². The van der Waals surface area contributed by atoms with E-state index in [1.165, 1.54) is 18.4 Å². The molecular weight excluding hydrogens is 451 g/mol. The molecule has 1 aliphatic rings. The van der Waals surface area contributed by atoms with Gasteiger partial charge < -0.3 is 20.4 Å². The molecule has 2 rings (SSSR count). The van der Waals surface area contributed by atoms with Crippen molar-refractivity contribution in [3.63, 3.8) is 0 Å². The third kappa shape index (κ3) is 8.64. The van der Waals surface area contributed by atoms with Crippen LogP contribution in [0.25, 0.3) is 0 Å². The fourth-order valence-corrected chi connectivity index (χ4v) is 3.16. The van der Waals surface area contributed by atoms with Crippen LogP contribution in [0, 0.1) is 5.92 Å². The molecule has 0 aliphatic carbocycles. The molecule has 1 aliphatic heterocycles. The van der Waals surface area contributed by atoms with Gasteiger partial charge in [0.1, 0.15) is 5.82 Å². The van der Waals surface area contributed by atoms with E-state index in [2.05, 4.69) is 63.3 Å². The lowest BCUT2D eigenvalue weighted by Crippen LogP contribution is -2.46. The highest BCUT2D eigenvalue weighted by Crippen LogP contribution is 2.15. The van der Waals surface area contributed by atoms with E-state index in [1.807, 2.05) is 13.2 Å². The first-order valence-electron chi connectivity index (χ1n) is 9.99. The molecule has 1 fully saturated rings. The van der Waals surface area contributed by atoms with E-state index in [0.717, 1.165) is 63.5 Å². The Kier molecular flexibility index (Phi) is 11.7. The number of pyridine rings is 1. The molecule has 0 amide bonds. The summed E-state index contributed by atoms with van der Waals surface area (Å²) in [6, 6.07) is 4.27. The average Bonchev–Trinajstić information content (AvgIpc) is 2.67. The van der Waals surface area contributed by atoms with Gasteiger partial charge in [-0.1, -0.05) is 20.8 Å². The van der Waals surface area contributed by atoms with Gasteiger partial charge in [-0.3, -0.25) is 4.99 Å². The minimum absolute atomic E-state index is 0. The van der Waals surface area contributed by atoms with Gasteiger partial charge in [0.25, 0.3) is 0 Å². The van der Waals surface area contributed by atoms with Gasteiger partial charge in [0.05, 0.1) is 0 Å². The zero-order valence-electron chi connectivity index (χ0n) is 17.4. The van der Waals surface area contributed by atoms with E-state index in [0.29, 0.717) is 0 Å². The number of guanidine groups is 1. The second-order valence-corrected chi connectivity index (χ2v) is 7.33. The Balaban J connectivity index is 0.00000364. The number of piperazine rings is 1. The van der Waals surface area contributed by atoms with E-state index >= 15 is 0 Å². The lowest BCUT2D eigenvalue weighted by atomic mass is 10.1. The van der Waals surface area contributed by atoms with Gasteiger partial charge in [0.2, 0.25) is 0 Å². The van der Waals surface area contributed by atoms with Gasteiger partial charge in [-0.05, 0) is 43.0 Å². The molecule has 0 unspecified atom stereocenters. The number of anilines is 1. The van der Waals surface area contributed by atoms with E-state index in [9.17, 15) is 0 Å². The van der Waals surface area contributed by atoms with Crippen molar-refractivity contribution in [2.75, 3.05) is 51.2 Å². The molecule has 0 bridgehead atoms. The van der Waals surface area contributed by atoms with Crippen molar-refractivity contribution >= 4 is 35.8 Å². The van der Waals surface area contributed by atoms with Gasteiger partial charge in [-0.2, -0.15) is 0 Å². The number of hydrogen-bond acceptors (Lipinski definition) is 4. The van der Waals surface area contributed by atoms with Gasteiger partial charge in [-0.25, -0.2) is 4.98 Å². The lowest BCUT2D eigenvalue weighted by Gasteiger charge is -2.34. The molecule has 1 aromatic rings. The number of hydrogen-bond donors (Lipinski definition) is 2. The van der Waals surface area contributed by atoms with Crippen LogP contribution >= 0.6 is 24.0 Å². The minimum atomic E-state index is 0. The predicted octanol–water partition coefficient (Wildman–Crippen LogP) is 2.94. The van der Waals surface area contributed by atoms with Gasteiger partial charge in [0.15, 0.2) is 5.96 Å². The molecular formula is C20H37IN6. The fourth-order valence-electron chi connectivity index (χ4n) is 3.16. The molecule has 2 N–H and O–H groups in total. The van der Waals surface area contributed by atoms with Crippen LogP contribution in [0.4, 0.5) is 5.82 Å². The van der Waals surface area contributed by atoms with Crippen LogP contribution < -0.4 is 15.5 Å². The number of halogens is 1. The van der Waals surface area contributed by atoms with Crippen LogP contribution in [0.2, 0.25) is 0 Å². The van der Waals surface area contributed by atoms with Crippen molar-refractivity contribution in [2.24, 2.45) is 10.9 Å². The quantitative estimate of drug-likeness (QED) is 0.255. The van der Waals surface area contributed by atoms with E-state index < -0.39 is 0 Å². The maximum absolute atomic E-state index is 4.57.